The van der Waals surface area contributed by atoms with Crippen LogP contribution in [0.1, 0.15) is 0 Å². The predicted octanol–water partition coefficient (Wildman–Crippen LogP) is -0.674. The Kier molecular flexibility index (Phi) is 3.04. The van der Waals surface area contributed by atoms with Crippen molar-refractivity contribution in [2.24, 2.45) is 5.10 Å². The summed E-state index contributed by atoms with van der Waals surface area (Å²) in [6, 6.07) is 0. The fourth-order valence-corrected chi connectivity index (χ4v) is 0.0791. The van der Waals surface area contributed by atoms with E-state index in [-0.39, 0.29) is 0 Å². The van der Waals surface area contributed by atoms with Gasteiger partial charge in [0.25, 0.3) is 0 Å². The Bertz CT molecular complexity index is 26.1. The first-order chi connectivity index (χ1) is 2.41. The van der Waals surface area contributed by atoms with Gasteiger partial charge in [0.2, 0.25) is 0 Å². The van der Waals surface area contributed by atoms with Gasteiger partial charge in [-0.1, -0.05) is 0 Å². The molecule has 0 saturated heterocycles. The summed E-state index contributed by atoms with van der Waals surface area (Å²) < 4.78 is 0. The second kappa shape index (κ2) is 3.43. The molecule has 3 nitrogen and oxygen atoms in total. The average molecular weight is 73.1 g/mol. The van der Waals surface area contributed by atoms with Crippen molar-refractivity contribution in [2.75, 3.05) is 7.05 Å². The van der Waals surface area contributed by atoms with E-state index in [4.69, 9.17) is 0 Å². The molecule has 30 valence electrons. The monoisotopic (exact) mass is 73.1 g/mol. The van der Waals surface area contributed by atoms with E-state index in [1.807, 2.05) is 0 Å². The van der Waals surface area contributed by atoms with E-state index in [1.165, 1.54) is 0 Å². The van der Waals surface area contributed by atoms with Crippen LogP contribution in [0.2, 0.25) is 0 Å². The molecule has 0 amide bonds. The van der Waals surface area contributed by atoms with Gasteiger partial charge in [0, 0.05) is 13.8 Å². The Morgan fingerprint density at radius 2 is 2.40 bits per heavy atom. The molecular weight excluding hydrogens is 66.0 g/mol. The molecule has 0 bridgehead atoms. The molecule has 5 heavy (non-hydrogen) atoms. The van der Waals surface area contributed by atoms with Crippen molar-refractivity contribution >= 4 is 6.72 Å². The van der Waals surface area contributed by atoms with E-state index in [9.17, 15) is 0 Å². The zero-order valence-electron chi connectivity index (χ0n) is 3.15. The van der Waals surface area contributed by atoms with Crippen molar-refractivity contribution < 1.29 is 0 Å². The van der Waals surface area contributed by atoms with Gasteiger partial charge in [-0.25, -0.2) is 11.0 Å². The molecule has 0 radical (unpaired) electrons. The van der Waals surface area contributed by atoms with Gasteiger partial charge in [-0.3, -0.25) is 0 Å². The maximum absolute atomic E-state index is 3.24. The van der Waals surface area contributed by atoms with Crippen LogP contribution < -0.4 is 11.0 Å². The lowest BCUT2D eigenvalue weighted by atomic mass is 11.5. The van der Waals surface area contributed by atoms with Crippen LogP contribution in [0.25, 0.3) is 0 Å². The summed E-state index contributed by atoms with van der Waals surface area (Å²) in [5, 5.41) is 3.24. The molecule has 0 aromatic heterocycles. The summed E-state index contributed by atoms with van der Waals surface area (Å²) in [5.41, 5.74) is 4.91. The van der Waals surface area contributed by atoms with E-state index in [2.05, 4.69) is 22.8 Å². The number of nitrogens with one attached hydrogen (secondary N) is 2. The van der Waals surface area contributed by atoms with Gasteiger partial charge in [0.1, 0.15) is 0 Å². The summed E-state index contributed by atoms with van der Waals surface area (Å²) in [7, 11) is 1.72. The number of hydrazine groups is 1. The van der Waals surface area contributed by atoms with Gasteiger partial charge < -0.3 is 0 Å². The normalized spacial score (nSPS) is 6.60. The van der Waals surface area contributed by atoms with Gasteiger partial charge >= 0.3 is 0 Å². The summed E-state index contributed by atoms with van der Waals surface area (Å²) in [5.74, 6) is 0. The van der Waals surface area contributed by atoms with E-state index in [0.29, 0.717) is 0 Å². The van der Waals surface area contributed by atoms with Crippen molar-refractivity contribution in [3.63, 3.8) is 0 Å². The fraction of sp³-hybridized carbons (Fsp3) is 0.500. The SMILES string of the molecule is C=NNNC. The number of nitrogens with zero attached hydrogens (tertiary/aromatic N) is 1. The third-order valence-electron chi connectivity index (χ3n) is 0.191. The van der Waals surface area contributed by atoms with Crippen LogP contribution in [-0.4, -0.2) is 13.8 Å². The third kappa shape index (κ3) is 3.43. The van der Waals surface area contributed by atoms with Crippen molar-refractivity contribution in [1.82, 2.24) is 11.0 Å². The second-order valence-corrected chi connectivity index (χ2v) is 0.520. The van der Waals surface area contributed by atoms with Crippen molar-refractivity contribution in [2.45, 2.75) is 0 Å². The molecule has 0 heterocycles. The molecule has 0 rings (SSSR count). The zero-order valence-corrected chi connectivity index (χ0v) is 3.15. The molecule has 0 aliphatic rings. The molecule has 0 aromatic rings. The zero-order chi connectivity index (χ0) is 4.12. The fourth-order valence-electron chi connectivity index (χ4n) is 0.0791. The van der Waals surface area contributed by atoms with Crippen LogP contribution in [0.3, 0.4) is 0 Å². The smallest absolute Gasteiger partial charge is 0.0120 e. The van der Waals surface area contributed by atoms with Crippen LogP contribution in [0.5, 0.6) is 0 Å². The Labute approximate surface area is 31.0 Å². The van der Waals surface area contributed by atoms with Gasteiger partial charge in [0.05, 0.1) is 0 Å². The van der Waals surface area contributed by atoms with Gasteiger partial charge in [-0.05, 0) is 0 Å². The Morgan fingerprint density at radius 3 is 2.40 bits per heavy atom. The predicted molar refractivity (Wildman–Crippen MR) is 21.7 cm³/mol. The topological polar surface area (TPSA) is 36.4 Å². The van der Waals surface area contributed by atoms with E-state index < -0.39 is 0 Å². The molecule has 0 saturated carbocycles. The van der Waals surface area contributed by atoms with Gasteiger partial charge in [-0.15, -0.1) is 0 Å². The van der Waals surface area contributed by atoms with Crippen LogP contribution in [0, 0.1) is 0 Å². The Hall–Kier alpha value is -0.570. The summed E-state index contributed by atoms with van der Waals surface area (Å²) >= 11 is 0. The lowest BCUT2D eigenvalue weighted by Gasteiger charge is -1.86. The highest BCUT2D eigenvalue weighted by Crippen LogP contribution is 1.30. The summed E-state index contributed by atoms with van der Waals surface area (Å²) in [6.07, 6.45) is 0. The minimum absolute atomic E-state index is 1.72. The average Bonchev–Trinajstić information content (AvgIpc) is 1.41. The quantitative estimate of drug-likeness (QED) is 0.336. The number of hydrogen-bond donors (Lipinski definition) is 2. The highest BCUT2D eigenvalue weighted by Gasteiger charge is 1.48. The molecule has 0 atom stereocenters. The molecule has 0 fully saturated rings. The lowest BCUT2D eigenvalue weighted by molar-refractivity contribution is 0.637. The molecule has 0 aliphatic carbocycles. The van der Waals surface area contributed by atoms with Crippen LogP contribution in [0.4, 0.5) is 0 Å². The largest absolute Gasteiger partial charge is 0.244 e. The van der Waals surface area contributed by atoms with Crippen molar-refractivity contribution in [3.05, 3.63) is 0 Å². The molecular formula is C2H7N3. The minimum atomic E-state index is 1.72. The Balaban J connectivity index is 2.40. The van der Waals surface area contributed by atoms with Gasteiger partial charge in [-0.2, -0.15) is 5.10 Å². The molecule has 3 heteroatoms. The summed E-state index contributed by atoms with van der Waals surface area (Å²) in [4.78, 5) is 0. The summed E-state index contributed by atoms with van der Waals surface area (Å²) in [6.45, 7) is 3.13. The number of hydrogen-bond acceptors (Lipinski definition) is 3. The molecule has 2 N–H and O–H groups in total. The minimum Gasteiger partial charge on any atom is -0.244 e. The van der Waals surface area contributed by atoms with Crippen LogP contribution >= 0.6 is 0 Å². The highest BCUT2D eigenvalue weighted by atomic mass is 15.5. The number of rotatable bonds is 2. The first-order valence-electron chi connectivity index (χ1n) is 1.29. The first-order valence-corrected chi connectivity index (χ1v) is 1.29. The standard InChI is InChI=1S/C2H7N3/c1-3-5-4-2/h4-5H,1H2,2H3. The maximum Gasteiger partial charge on any atom is 0.0120 e. The van der Waals surface area contributed by atoms with E-state index in [0.717, 1.165) is 0 Å². The Morgan fingerprint density at radius 1 is 1.80 bits per heavy atom. The second-order valence-electron chi connectivity index (χ2n) is 0.520. The molecule has 0 unspecified atom stereocenters. The van der Waals surface area contributed by atoms with Crippen molar-refractivity contribution in [1.29, 1.82) is 0 Å². The number of hydrazone groups is 1. The van der Waals surface area contributed by atoms with Crippen molar-refractivity contribution in [3.8, 4) is 0 Å². The molecule has 0 aliphatic heterocycles. The lowest BCUT2D eigenvalue weighted by Crippen LogP contribution is -2.20. The third-order valence-corrected chi connectivity index (χ3v) is 0.191. The molecule has 0 aromatic carbocycles. The van der Waals surface area contributed by atoms with Crippen LogP contribution in [-0.2, 0) is 0 Å². The molecule has 0 spiro atoms. The van der Waals surface area contributed by atoms with E-state index in [1.54, 1.807) is 7.05 Å². The first kappa shape index (κ1) is 4.43. The maximum atomic E-state index is 3.24. The highest BCUT2D eigenvalue weighted by molar-refractivity contribution is 5.21. The van der Waals surface area contributed by atoms with Crippen LogP contribution in [0.15, 0.2) is 5.10 Å². The van der Waals surface area contributed by atoms with E-state index >= 15 is 0 Å². The van der Waals surface area contributed by atoms with Gasteiger partial charge in [0.15, 0.2) is 0 Å².